The van der Waals surface area contributed by atoms with Crippen LogP contribution in [-0.2, 0) is 0 Å². The van der Waals surface area contributed by atoms with Crippen molar-refractivity contribution in [3.63, 3.8) is 0 Å². The number of piperazine rings is 1. The lowest BCUT2D eigenvalue weighted by atomic mass is 9.98. The van der Waals surface area contributed by atoms with E-state index in [4.69, 9.17) is 17.3 Å². The van der Waals surface area contributed by atoms with E-state index in [9.17, 15) is 0 Å². The Labute approximate surface area is 138 Å². The highest BCUT2D eigenvalue weighted by atomic mass is 35.5. The zero-order chi connectivity index (χ0) is 12.5. The summed E-state index contributed by atoms with van der Waals surface area (Å²) in [5.74, 6) is 0.767. The van der Waals surface area contributed by atoms with Gasteiger partial charge in [0.15, 0.2) is 0 Å². The lowest BCUT2D eigenvalue weighted by molar-refractivity contribution is 0.156. The zero-order valence-corrected chi connectivity index (χ0v) is 13.7. The van der Waals surface area contributed by atoms with Crippen molar-refractivity contribution >= 4 is 42.1 Å². The quantitative estimate of drug-likeness (QED) is 0.832. The smallest absolute Gasteiger partial charge is 0.0410 e. The standard InChI is InChI=1S/C14H20ClN3.2ClH/c15-11-3-4-13(16)12(9-11)14(10-1-2-10)18-7-5-17-6-8-18;;/h3-4,9-10,14,17H,1-2,5-8,16H2;2*1H/t14-;;/m1../s1. The van der Waals surface area contributed by atoms with Crippen molar-refractivity contribution in [3.05, 3.63) is 28.8 Å². The number of rotatable bonds is 3. The fourth-order valence-corrected chi connectivity index (χ4v) is 3.10. The van der Waals surface area contributed by atoms with Crippen LogP contribution in [0.4, 0.5) is 5.69 Å². The molecule has 1 aliphatic carbocycles. The molecule has 1 aromatic rings. The van der Waals surface area contributed by atoms with E-state index in [0.29, 0.717) is 6.04 Å². The topological polar surface area (TPSA) is 41.3 Å². The molecule has 20 heavy (non-hydrogen) atoms. The van der Waals surface area contributed by atoms with Gasteiger partial charge in [-0.2, -0.15) is 0 Å². The molecule has 1 aromatic carbocycles. The van der Waals surface area contributed by atoms with Gasteiger partial charge in [-0.05, 0) is 42.5 Å². The van der Waals surface area contributed by atoms with E-state index in [2.05, 4.69) is 16.3 Å². The van der Waals surface area contributed by atoms with E-state index in [1.165, 1.54) is 18.4 Å². The zero-order valence-electron chi connectivity index (χ0n) is 11.3. The Bertz CT molecular complexity index is 432. The summed E-state index contributed by atoms with van der Waals surface area (Å²) >= 11 is 6.14. The van der Waals surface area contributed by atoms with E-state index in [-0.39, 0.29) is 24.8 Å². The Morgan fingerprint density at radius 2 is 1.85 bits per heavy atom. The summed E-state index contributed by atoms with van der Waals surface area (Å²) in [6, 6.07) is 6.34. The molecule has 114 valence electrons. The second kappa shape index (κ2) is 7.71. The molecule has 0 bridgehead atoms. The summed E-state index contributed by atoms with van der Waals surface area (Å²) in [6.07, 6.45) is 2.64. The first-order valence-corrected chi connectivity index (χ1v) is 7.13. The van der Waals surface area contributed by atoms with Gasteiger partial charge in [-0.1, -0.05) is 11.6 Å². The van der Waals surface area contributed by atoms with Crippen molar-refractivity contribution in [2.75, 3.05) is 31.9 Å². The minimum Gasteiger partial charge on any atom is -0.398 e. The third-order valence-electron chi connectivity index (χ3n) is 3.98. The maximum atomic E-state index is 6.16. The molecular formula is C14H22Cl3N3. The predicted octanol–water partition coefficient (Wildman–Crippen LogP) is 3.12. The van der Waals surface area contributed by atoms with Crippen LogP contribution < -0.4 is 11.1 Å². The van der Waals surface area contributed by atoms with Gasteiger partial charge in [0.2, 0.25) is 0 Å². The summed E-state index contributed by atoms with van der Waals surface area (Å²) in [5.41, 5.74) is 8.27. The lowest BCUT2D eigenvalue weighted by Crippen LogP contribution is -2.45. The molecule has 1 aliphatic heterocycles. The molecule has 0 radical (unpaired) electrons. The van der Waals surface area contributed by atoms with Crippen molar-refractivity contribution in [1.29, 1.82) is 0 Å². The van der Waals surface area contributed by atoms with Gasteiger partial charge >= 0.3 is 0 Å². The largest absolute Gasteiger partial charge is 0.398 e. The number of benzene rings is 1. The first-order valence-electron chi connectivity index (χ1n) is 6.75. The second-order valence-corrected chi connectivity index (χ2v) is 5.78. The number of nitrogens with one attached hydrogen (secondary N) is 1. The van der Waals surface area contributed by atoms with Crippen molar-refractivity contribution < 1.29 is 0 Å². The van der Waals surface area contributed by atoms with Gasteiger partial charge in [0.1, 0.15) is 0 Å². The van der Waals surface area contributed by atoms with Gasteiger partial charge in [0, 0.05) is 42.9 Å². The average molecular weight is 339 g/mol. The number of nitrogen functional groups attached to an aromatic ring is 1. The first kappa shape index (κ1) is 17.9. The Kier molecular flexibility index (Phi) is 6.89. The molecular weight excluding hydrogens is 317 g/mol. The molecule has 1 saturated carbocycles. The fourth-order valence-electron chi connectivity index (χ4n) is 2.92. The molecule has 3 N–H and O–H groups in total. The summed E-state index contributed by atoms with van der Waals surface area (Å²) in [7, 11) is 0. The number of nitrogens with zero attached hydrogens (tertiary/aromatic N) is 1. The molecule has 1 atom stereocenters. The first-order chi connectivity index (χ1) is 8.75. The third-order valence-corrected chi connectivity index (χ3v) is 4.22. The van der Waals surface area contributed by atoms with Crippen LogP contribution in [0.15, 0.2) is 18.2 Å². The molecule has 3 nitrogen and oxygen atoms in total. The number of halogens is 3. The highest BCUT2D eigenvalue weighted by Gasteiger charge is 2.37. The van der Waals surface area contributed by atoms with Crippen molar-refractivity contribution in [1.82, 2.24) is 10.2 Å². The molecule has 2 aliphatic rings. The van der Waals surface area contributed by atoms with Crippen LogP contribution in [0.25, 0.3) is 0 Å². The highest BCUT2D eigenvalue weighted by Crippen LogP contribution is 2.46. The number of hydrogen-bond donors (Lipinski definition) is 2. The fraction of sp³-hybridized carbons (Fsp3) is 0.571. The van der Waals surface area contributed by atoms with E-state index in [1.54, 1.807) is 0 Å². The van der Waals surface area contributed by atoms with Crippen molar-refractivity contribution in [2.24, 2.45) is 5.92 Å². The average Bonchev–Trinajstić information content (AvgIpc) is 3.20. The van der Waals surface area contributed by atoms with Gasteiger partial charge in [-0.15, -0.1) is 24.8 Å². The Balaban J connectivity index is 0.000001000. The van der Waals surface area contributed by atoms with Crippen LogP contribution in [0.1, 0.15) is 24.4 Å². The van der Waals surface area contributed by atoms with Crippen LogP contribution in [0.5, 0.6) is 0 Å². The Morgan fingerprint density at radius 3 is 2.45 bits per heavy atom. The summed E-state index contributed by atoms with van der Waals surface area (Å²) in [5, 5.41) is 4.20. The molecule has 0 aromatic heterocycles. The van der Waals surface area contributed by atoms with E-state index < -0.39 is 0 Å². The van der Waals surface area contributed by atoms with E-state index >= 15 is 0 Å². The van der Waals surface area contributed by atoms with Crippen LogP contribution >= 0.6 is 36.4 Å². The van der Waals surface area contributed by atoms with Gasteiger partial charge < -0.3 is 11.1 Å². The number of nitrogens with two attached hydrogens (primary N) is 1. The van der Waals surface area contributed by atoms with Gasteiger partial charge in [0.05, 0.1) is 0 Å². The minimum atomic E-state index is 0. The highest BCUT2D eigenvalue weighted by molar-refractivity contribution is 6.30. The minimum absolute atomic E-state index is 0. The van der Waals surface area contributed by atoms with E-state index in [1.807, 2.05) is 12.1 Å². The SMILES string of the molecule is Cl.Cl.Nc1ccc(Cl)cc1[C@@H](C1CC1)N1CCNCC1. The lowest BCUT2D eigenvalue weighted by Gasteiger charge is -2.36. The summed E-state index contributed by atoms with van der Waals surface area (Å²) < 4.78 is 0. The molecule has 0 amide bonds. The van der Waals surface area contributed by atoms with Crippen LogP contribution in [0.3, 0.4) is 0 Å². The number of hydrogen-bond acceptors (Lipinski definition) is 3. The molecule has 0 spiro atoms. The maximum absolute atomic E-state index is 6.16. The normalized spacial score (nSPS) is 20.6. The van der Waals surface area contributed by atoms with E-state index in [0.717, 1.165) is 42.8 Å². The van der Waals surface area contributed by atoms with Gasteiger partial charge in [-0.25, -0.2) is 0 Å². The molecule has 0 unspecified atom stereocenters. The Morgan fingerprint density at radius 1 is 1.20 bits per heavy atom. The van der Waals surface area contributed by atoms with Gasteiger partial charge in [0.25, 0.3) is 0 Å². The third kappa shape index (κ3) is 3.92. The van der Waals surface area contributed by atoms with Crippen LogP contribution in [-0.4, -0.2) is 31.1 Å². The monoisotopic (exact) mass is 337 g/mol. The molecule has 6 heteroatoms. The van der Waals surface area contributed by atoms with Crippen molar-refractivity contribution in [2.45, 2.75) is 18.9 Å². The molecule has 2 fully saturated rings. The van der Waals surface area contributed by atoms with Crippen LogP contribution in [0, 0.1) is 5.92 Å². The Hall–Kier alpha value is -0.190. The number of anilines is 1. The van der Waals surface area contributed by atoms with Crippen LogP contribution in [0.2, 0.25) is 5.02 Å². The molecule has 3 rings (SSSR count). The second-order valence-electron chi connectivity index (χ2n) is 5.34. The molecule has 1 heterocycles. The summed E-state index contributed by atoms with van der Waals surface area (Å²) in [6.45, 7) is 4.35. The maximum Gasteiger partial charge on any atom is 0.0410 e. The van der Waals surface area contributed by atoms with Crippen molar-refractivity contribution in [3.8, 4) is 0 Å². The summed E-state index contributed by atoms with van der Waals surface area (Å²) in [4.78, 5) is 2.57. The predicted molar refractivity (Wildman–Crippen MR) is 90.3 cm³/mol. The van der Waals surface area contributed by atoms with Gasteiger partial charge in [-0.3, -0.25) is 4.90 Å². The molecule has 1 saturated heterocycles.